The molecule has 100 valence electrons. The zero-order chi connectivity index (χ0) is 14.1. The molecule has 0 atom stereocenters. The summed E-state index contributed by atoms with van der Waals surface area (Å²) in [5, 5.41) is 12.8. The fourth-order valence-electron chi connectivity index (χ4n) is 1.31. The summed E-state index contributed by atoms with van der Waals surface area (Å²) in [5.41, 5.74) is 7.42. The number of carbonyl (C=O) groups is 1. The SMILES string of the molecule is CCN/C=C(C=N)/C=C/C(=O)Nc1ccccc1N. The maximum absolute atomic E-state index is 11.7. The molecule has 1 aromatic carbocycles. The number of amides is 1. The summed E-state index contributed by atoms with van der Waals surface area (Å²) in [6, 6.07) is 7.04. The highest BCUT2D eigenvalue weighted by Crippen LogP contribution is 2.16. The van der Waals surface area contributed by atoms with Crippen LogP contribution < -0.4 is 16.4 Å². The fourth-order valence-corrected chi connectivity index (χ4v) is 1.31. The number of nitrogen functional groups attached to an aromatic ring is 1. The van der Waals surface area contributed by atoms with E-state index in [1.165, 1.54) is 12.3 Å². The molecule has 1 rings (SSSR count). The zero-order valence-corrected chi connectivity index (χ0v) is 10.8. The predicted octanol–water partition coefficient (Wildman–Crippen LogP) is 1.91. The van der Waals surface area contributed by atoms with Gasteiger partial charge in [0.05, 0.1) is 11.4 Å². The van der Waals surface area contributed by atoms with E-state index in [0.29, 0.717) is 16.9 Å². The lowest BCUT2D eigenvalue weighted by atomic mass is 10.2. The van der Waals surface area contributed by atoms with Crippen LogP contribution >= 0.6 is 0 Å². The van der Waals surface area contributed by atoms with Gasteiger partial charge in [0.15, 0.2) is 0 Å². The molecule has 0 saturated heterocycles. The number of hydrogen-bond donors (Lipinski definition) is 4. The number of hydrogen-bond acceptors (Lipinski definition) is 4. The second kappa shape index (κ2) is 7.71. The highest BCUT2D eigenvalue weighted by molar-refractivity contribution is 6.02. The molecule has 5 heteroatoms. The maximum Gasteiger partial charge on any atom is 0.248 e. The third-order valence-electron chi connectivity index (χ3n) is 2.29. The second-order valence-corrected chi connectivity index (χ2v) is 3.76. The zero-order valence-electron chi connectivity index (χ0n) is 10.8. The molecular formula is C14H18N4O. The first-order valence-corrected chi connectivity index (χ1v) is 5.95. The lowest BCUT2D eigenvalue weighted by Crippen LogP contribution is -2.10. The number of rotatable bonds is 6. The average molecular weight is 258 g/mol. The van der Waals surface area contributed by atoms with E-state index >= 15 is 0 Å². The molecule has 0 aromatic heterocycles. The molecule has 5 N–H and O–H groups in total. The van der Waals surface area contributed by atoms with Crippen LogP contribution in [0.15, 0.2) is 48.2 Å². The van der Waals surface area contributed by atoms with E-state index in [1.807, 2.05) is 6.92 Å². The Labute approximate surface area is 112 Å². The number of benzene rings is 1. The summed E-state index contributed by atoms with van der Waals surface area (Å²) in [5.74, 6) is -0.290. The molecule has 5 nitrogen and oxygen atoms in total. The molecule has 1 aromatic rings. The normalized spacial score (nSPS) is 11.3. The van der Waals surface area contributed by atoms with Crippen LogP contribution in [-0.2, 0) is 4.79 Å². The maximum atomic E-state index is 11.7. The van der Waals surface area contributed by atoms with Crippen molar-refractivity contribution in [3.05, 3.63) is 48.2 Å². The van der Waals surface area contributed by atoms with E-state index in [9.17, 15) is 4.79 Å². The van der Waals surface area contributed by atoms with Gasteiger partial charge in [-0.1, -0.05) is 12.1 Å². The molecule has 19 heavy (non-hydrogen) atoms. The van der Waals surface area contributed by atoms with Crippen LogP contribution in [0.2, 0.25) is 0 Å². The Balaban J connectivity index is 2.65. The van der Waals surface area contributed by atoms with Crippen molar-refractivity contribution in [1.29, 1.82) is 5.41 Å². The molecule has 0 aliphatic rings. The van der Waals surface area contributed by atoms with Gasteiger partial charge in [-0.3, -0.25) is 4.79 Å². The molecule has 1 amide bonds. The minimum Gasteiger partial charge on any atom is -0.397 e. The van der Waals surface area contributed by atoms with Crippen molar-refractivity contribution >= 4 is 23.5 Å². The smallest absolute Gasteiger partial charge is 0.248 e. The molecule has 0 spiro atoms. The second-order valence-electron chi connectivity index (χ2n) is 3.76. The Hall–Kier alpha value is -2.56. The van der Waals surface area contributed by atoms with E-state index in [4.69, 9.17) is 11.1 Å². The third kappa shape index (κ3) is 5.08. The van der Waals surface area contributed by atoms with Gasteiger partial charge >= 0.3 is 0 Å². The van der Waals surface area contributed by atoms with Crippen molar-refractivity contribution in [1.82, 2.24) is 5.32 Å². The standard InChI is InChI=1S/C14H18N4O/c1-2-17-10-11(9-15)7-8-14(19)18-13-6-4-3-5-12(13)16/h3-10,15,17H,2,16H2,1H3,(H,18,19)/b8-7+,11-10-,15-9?. The van der Waals surface area contributed by atoms with Crippen molar-refractivity contribution < 1.29 is 4.79 Å². The number of allylic oxidation sites excluding steroid dienone is 2. The molecule has 0 saturated carbocycles. The monoisotopic (exact) mass is 258 g/mol. The van der Waals surface area contributed by atoms with Crippen LogP contribution in [-0.4, -0.2) is 18.7 Å². The van der Waals surface area contributed by atoms with E-state index in [1.54, 1.807) is 36.5 Å². The van der Waals surface area contributed by atoms with Gasteiger partial charge in [-0.2, -0.15) is 0 Å². The van der Waals surface area contributed by atoms with Gasteiger partial charge in [-0.15, -0.1) is 0 Å². The first-order valence-electron chi connectivity index (χ1n) is 5.95. The largest absolute Gasteiger partial charge is 0.397 e. The van der Waals surface area contributed by atoms with Crippen LogP contribution in [0.25, 0.3) is 0 Å². The highest BCUT2D eigenvalue weighted by atomic mass is 16.1. The van der Waals surface area contributed by atoms with Crippen molar-refractivity contribution in [3.8, 4) is 0 Å². The number of anilines is 2. The Morgan fingerprint density at radius 2 is 2.11 bits per heavy atom. The summed E-state index contributed by atoms with van der Waals surface area (Å²) >= 11 is 0. The van der Waals surface area contributed by atoms with Gasteiger partial charge in [0.25, 0.3) is 0 Å². The topological polar surface area (TPSA) is 91.0 Å². The quantitative estimate of drug-likeness (QED) is 0.272. The molecular weight excluding hydrogens is 240 g/mol. The predicted molar refractivity (Wildman–Crippen MR) is 79.2 cm³/mol. The summed E-state index contributed by atoms with van der Waals surface area (Å²) < 4.78 is 0. The van der Waals surface area contributed by atoms with E-state index < -0.39 is 0 Å². The molecule has 0 aliphatic carbocycles. The summed E-state index contributed by atoms with van der Waals surface area (Å²) in [6.07, 6.45) is 5.77. The molecule has 0 aliphatic heterocycles. The van der Waals surface area contributed by atoms with Crippen molar-refractivity contribution in [2.24, 2.45) is 0 Å². The lowest BCUT2D eigenvalue weighted by molar-refractivity contribution is -0.111. The number of nitrogens with two attached hydrogens (primary N) is 1. The van der Waals surface area contributed by atoms with Crippen LogP contribution in [0.1, 0.15) is 6.92 Å². The van der Waals surface area contributed by atoms with Crippen LogP contribution in [0, 0.1) is 5.41 Å². The average Bonchev–Trinajstić information content (AvgIpc) is 2.41. The number of nitrogens with one attached hydrogen (secondary N) is 3. The Kier molecular flexibility index (Phi) is 5.88. The van der Waals surface area contributed by atoms with E-state index in [-0.39, 0.29) is 5.91 Å². The van der Waals surface area contributed by atoms with Gasteiger partial charge in [0, 0.05) is 30.6 Å². The molecule has 0 bridgehead atoms. The highest BCUT2D eigenvalue weighted by Gasteiger charge is 2.00. The Morgan fingerprint density at radius 3 is 2.74 bits per heavy atom. The van der Waals surface area contributed by atoms with Crippen LogP contribution in [0.3, 0.4) is 0 Å². The third-order valence-corrected chi connectivity index (χ3v) is 2.29. The molecule has 0 heterocycles. The number of para-hydroxylation sites is 2. The van der Waals surface area contributed by atoms with Crippen molar-refractivity contribution in [2.75, 3.05) is 17.6 Å². The van der Waals surface area contributed by atoms with Crippen molar-refractivity contribution in [3.63, 3.8) is 0 Å². The van der Waals surface area contributed by atoms with E-state index in [0.717, 1.165) is 6.54 Å². The van der Waals surface area contributed by atoms with Gasteiger partial charge in [-0.25, -0.2) is 0 Å². The van der Waals surface area contributed by atoms with Gasteiger partial charge < -0.3 is 21.8 Å². The first kappa shape index (κ1) is 14.5. The van der Waals surface area contributed by atoms with Crippen LogP contribution in [0.4, 0.5) is 11.4 Å². The Morgan fingerprint density at radius 1 is 1.37 bits per heavy atom. The fraction of sp³-hybridized carbons (Fsp3) is 0.143. The minimum atomic E-state index is -0.290. The summed E-state index contributed by atoms with van der Waals surface area (Å²) in [4.78, 5) is 11.7. The van der Waals surface area contributed by atoms with Crippen LogP contribution in [0.5, 0.6) is 0 Å². The molecule has 0 radical (unpaired) electrons. The summed E-state index contributed by atoms with van der Waals surface area (Å²) in [7, 11) is 0. The van der Waals surface area contributed by atoms with Gasteiger partial charge in [0.1, 0.15) is 0 Å². The van der Waals surface area contributed by atoms with E-state index in [2.05, 4.69) is 10.6 Å². The molecule has 0 unspecified atom stereocenters. The van der Waals surface area contributed by atoms with Gasteiger partial charge in [-0.05, 0) is 25.1 Å². The number of carbonyl (C=O) groups excluding carboxylic acids is 1. The first-order chi connectivity index (χ1) is 9.17. The lowest BCUT2D eigenvalue weighted by Gasteiger charge is -2.04. The van der Waals surface area contributed by atoms with Crippen molar-refractivity contribution in [2.45, 2.75) is 6.92 Å². The van der Waals surface area contributed by atoms with Gasteiger partial charge in [0.2, 0.25) is 5.91 Å². The summed E-state index contributed by atoms with van der Waals surface area (Å²) in [6.45, 7) is 2.71. The molecule has 0 fully saturated rings. The Bertz CT molecular complexity index is 506. The minimum absolute atomic E-state index is 0.290.